The lowest BCUT2D eigenvalue weighted by Crippen LogP contribution is -2.48. The standard InChI is InChI=1S/C16H24Si/c1-13(2)17(14(3)4,15-9-5-6-10-15)16-11-7-8-12-16/h5-16H,1-4H3. The average Bonchev–Trinajstić information content (AvgIpc) is 2.88. The summed E-state index contributed by atoms with van der Waals surface area (Å²) in [7, 11) is -1.43. The third-order valence-corrected chi connectivity index (χ3v) is 11.7. The van der Waals surface area contributed by atoms with Crippen LogP contribution < -0.4 is 0 Å². The van der Waals surface area contributed by atoms with E-state index in [2.05, 4.69) is 76.3 Å². The third-order valence-electron chi connectivity index (χ3n) is 4.65. The molecular weight excluding hydrogens is 220 g/mol. The Kier molecular flexibility index (Phi) is 3.57. The molecule has 0 bridgehead atoms. The van der Waals surface area contributed by atoms with Crippen molar-refractivity contribution in [3.8, 4) is 0 Å². The first kappa shape index (κ1) is 12.6. The molecule has 0 aromatic rings. The average molecular weight is 244 g/mol. The summed E-state index contributed by atoms with van der Waals surface area (Å²) >= 11 is 0. The fourth-order valence-corrected chi connectivity index (χ4v) is 10.6. The first-order valence-electron chi connectivity index (χ1n) is 6.80. The topological polar surface area (TPSA) is 0 Å². The van der Waals surface area contributed by atoms with Gasteiger partial charge in [-0.15, -0.1) is 0 Å². The number of hydrogen-bond donors (Lipinski definition) is 0. The molecule has 0 aromatic carbocycles. The van der Waals surface area contributed by atoms with Crippen molar-refractivity contribution >= 4 is 8.07 Å². The first-order valence-corrected chi connectivity index (χ1v) is 9.11. The van der Waals surface area contributed by atoms with E-state index in [0.717, 1.165) is 11.1 Å². The molecule has 1 heteroatoms. The second kappa shape index (κ2) is 4.81. The highest BCUT2D eigenvalue weighted by Gasteiger charge is 2.49. The van der Waals surface area contributed by atoms with Gasteiger partial charge in [-0.1, -0.05) is 76.3 Å². The lowest BCUT2D eigenvalue weighted by molar-refractivity contribution is 0.838. The summed E-state index contributed by atoms with van der Waals surface area (Å²) in [6.07, 6.45) is 18.7. The van der Waals surface area contributed by atoms with Gasteiger partial charge in [0.05, 0.1) is 8.07 Å². The summed E-state index contributed by atoms with van der Waals surface area (Å²) in [5, 5.41) is 0. The van der Waals surface area contributed by atoms with Crippen LogP contribution in [0, 0.1) is 0 Å². The lowest BCUT2D eigenvalue weighted by atomic mass is 10.4. The third kappa shape index (κ3) is 1.91. The van der Waals surface area contributed by atoms with Crippen molar-refractivity contribution in [1.82, 2.24) is 0 Å². The SMILES string of the molecule is CC(C)[Si](C(C)C)(C1C=CC=C1)C1C=CC=C1. The van der Waals surface area contributed by atoms with Crippen molar-refractivity contribution in [3.05, 3.63) is 48.6 Å². The molecule has 0 fully saturated rings. The highest BCUT2D eigenvalue weighted by Crippen LogP contribution is 2.53. The predicted octanol–water partition coefficient (Wildman–Crippen LogP) is 5.25. The van der Waals surface area contributed by atoms with Gasteiger partial charge in [0.2, 0.25) is 0 Å². The van der Waals surface area contributed by atoms with Crippen LogP contribution in [0.25, 0.3) is 0 Å². The van der Waals surface area contributed by atoms with Crippen molar-refractivity contribution in [3.63, 3.8) is 0 Å². The molecule has 92 valence electrons. The van der Waals surface area contributed by atoms with Gasteiger partial charge in [-0.25, -0.2) is 0 Å². The monoisotopic (exact) mass is 244 g/mol. The van der Waals surface area contributed by atoms with E-state index in [-0.39, 0.29) is 0 Å². The molecule has 0 aliphatic heterocycles. The minimum Gasteiger partial charge on any atom is -0.0803 e. The van der Waals surface area contributed by atoms with E-state index in [0.29, 0.717) is 11.1 Å². The van der Waals surface area contributed by atoms with Crippen LogP contribution >= 0.6 is 0 Å². The Morgan fingerprint density at radius 1 is 0.647 bits per heavy atom. The molecule has 0 N–H and O–H groups in total. The van der Waals surface area contributed by atoms with Crippen molar-refractivity contribution in [2.24, 2.45) is 0 Å². The molecule has 0 amide bonds. The van der Waals surface area contributed by atoms with Crippen LogP contribution in [0.3, 0.4) is 0 Å². The van der Waals surface area contributed by atoms with Gasteiger partial charge in [0.1, 0.15) is 0 Å². The van der Waals surface area contributed by atoms with Crippen molar-refractivity contribution in [1.29, 1.82) is 0 Å². The lowest BCUT2D eigenvalue weighted by Gasteiger charge is -2.46. The van der Waals surface area contributed by atoms with Crippen molar-refractivity contribution in [2.45, 2.75) is 49.9 Å². The summed E-state index contributed by atoms with van der Waals surface area (Å²) < 4.78 is 0. The van der Waals surface area contributed by atoms with Crippen LogP contribution in [0.5, 0.6) is 0 Å². The second-order valence-corrected chi connectivity index (χ2v) is 11.5. The molecule has 2 rings (SSSR count). The maximum absolute atomic E-state index is 2.44. The van der Waals surface area contributed by atoms with E-state index in [9.17, 15) is 0 Å². The van der Waals surface area contributed by atoms with Crippen molar-refractivity contribution in [2.75, 3.05) is 0 Å². The van der Waals surface area contributed by atoms with E-state index in [1.54, 1.807) is 0 Å². The van der Waals surface area contributed by atoms with Crippen LogP contribution in [0.2, 0.25) is 22.2 Å². The summed E-state index contributed by atoms with van der Waals surface area (Å²) in [6, 6.07) is 0. The second-order valence-electron chi connectivity index (χ2n) is 5.90. The molecule has 0 saturated carbocycles. The minimum absolute atomic E-state index is 0.708. The van der Waals surface area contributed by atoms with E-state index >= 15 is 0 Å². The van der Waals surface area contributed by atoms with Gasteiger partial charge in [0, 0.05) is 0 Å². The number of rotatable bonds is 4. The van der Waals surface area contributed by atoms with Crippen LogP contribution in [0.15, 0.2) is 48.6 Å². The van der Waals surface area contributed by atoms with Gasteiger partial charge in [-0.2, -0.15) is 0 Å². The maximum Gasteiger partial charge on any atom is 0.0808 e. The molecular formula is C16H24Si. The Bertz CT molecular complexity index is 320. The summed E-state index contributed by atoms with van der Waals surface area (Å²) in [6.45, 7) is 9.75. The van der Waals surface area contributed by atoms with Crippen LogP contribution in [-0.2, 0) is 0 Å². The van der Waals surface area contributed by atoms with Gasteiger partial charge >= 0.3 is 0 Å². The molecule has 2 aliphatic carbocycles. The number of allylic oxidation sites excluding steroid dienone is 8. The smallest absolute Gasteiger partial charge is 0.0803 e. The zero-order valence-electron chi connectivity index (χ0n) is 11.4. The summed E-state index contributed by atoms with van der Waals surface area (Å²) in [5.41, 5.74) is 3.02. The van der Waals surface area contributed by atoms with Gasteiger partial charge in [-0.05, 0) is 22.2 Å². The van der Waals surface area contributed by atoms with Crippen LogP contribution in [-0.4, -0.2) is 8.07 Å². The molecule has 0 aromatic heterocycles. The normalized spacial score (nSPS) is 20.6. The minimum atomic E-state index is -1.43. The molecule has 0 spiro atoms. The molecule has 0 radical (unpaired) electrons. The fraction of sp³-hybridized carbons (Fsp3) is 0.500. The van der Waals surface area contributed by atoms with E-state index in [4.69, 9.17) is 0 Å². The zero-order valence-corrected chi connectivity index (χ0v) is 12.4. The van der Waals surface area contributed by atoms with E-state index < -0.39 is 8.07 Å². The first-order chi connectivity index (χ1) is 8.10. The Labute approximate surface area is 107 Å². The molecule has 17 heavy (non-hydrogen) atoms. The van der Waals surface area contributed by atoms with Gasteiger partial charge in [-0.3, -0.25) is 0 Å². The zero-order chi connectivity index (χ0) is 12.5. The molecule has 0 saturated heterocycles. The van der Waals surface area contributed by atoms with Gasteiger partial charge in [0.15, 0.2) is 0 Å². The van der Waals surface area contributed by atoms with Crippen LogP contribution in [0.4, 0.5) is 0 Å². The highest BCUT2D eigenvalue weighted by atomic mass is 28.3. The predicted molar refractivity (Wildman–Crippen MR) is 80.0 cm³/mol. The van der Waals surface area contributed by atoms with Crippen molar-refractivity contribution < 1.29 is 0 Å². The maximum atomic E-state index is 2.44. The number of hydrogen-bond acceptors (Lipinski definition) is 0. The Morgan fingerprint density at radius 2 is 0.941 bits per heavy atom. The Hall–Kier alpha value is -0.823. The molecule has 0 atom stereocenters. The molecule has 0 nitrogen and oxygen atoms in total. The van der Waals surface area contributed by atoms with E-state index in [1.807, 2.05) is 0 Å². The van der Waals surface area contributed by atoms with Crippen LogP contribution in [0.1, 0.15) is 27.7 Å². The quantitative estimate of drug-likeness (QED) is 0.593. The van der Waals surface area contributed by atoms with Gasteiger partial charge in [0.25, 0.3) is 0 Å². The molecule has 2 aliphatic rings. The summed E-state index contributed by atoms with van der Waals surface area (Å²) in [4.78, 5) is 0. The fourth-order valence-electron chi connectivity index (χ4n) is 3.96. The Morgan fingerprint density at radius 3 is 1.18 bits per heavy atom. The highest BCUT2D eigenvalue weighted by molar-refractivity contribution is 6.86. The summed E-state index contributed by atoms with van der Waals surface area (Å²) in [5.74, 6) is 0. The largest absolute Gasteiger partial charge is 0.0808 e. The van der Waals surface area contributed by atoms with E-state index in [1.165, 1.54) is 0 Å². The molecule has 0 unspecified atom stereocenters. The molecule has 0 heterocycles. The van der Waals surface area contributed by atoms with Gasteiger partial charge < -0.3 is 0 Å². The Balaban J connectivity index is 2.45.